The molecule has 0 fully saturated rings. The van der Waals surface area contributed by atoms with Crippen LogP contribution in [0.4, 0.5) is 27.6 Å². The lowest BCUT2D eigenvalue weighted by atomic mass is 10.3. The standard InChI is InChI=1S/C16H11F5N2O4/c17-10-2-3-12(11(18)5-10)22-13(24)8-27-15(26)7-23-6-9(16(19,20)21)1-4-14(23)25/h1-6H,7-8H2,(H,22,24). The number of carbonyl (C=O) groups is 2. The van der Waals surface area contributed by atoms with Crippen LogP contribution in [-0.2, 0) is 27.0 Å². The average Bonchev–Trinajstić information content (AvgIpc) is 2.56. The van der Waals surface area contributed by atoms with Gasteiger partial charge in [0, 0.05) is 18.3 Å². The predicted octanol–water partition coefficient (Wildman–Crippen LogP) is 2.33. The van der Waals surface area contributed by atoms with E-state index in [9.17, 15) is 36.3 Å². The molecule has 0 saturated carbocycles. The van der Waals surface area contributed by atoms with Crippen molar-refractivity contribution < 1.29 is 36.3 Å². The number of aromatic nitrogens is 1. The van der Waals surface area contributed by atoms with E-state index < -0.39 is 54.0 Å². The molecule has 1 aromatic carbocycles. The summed E-state index contributed by atoms with van der Waals surface area (Å²) in [7, 11) is 0. The number of pyridine rings is 1. The van der Waals surface area contributed by atoms with Crippen LogP contribution in [0.5, 0.6) is 0 Å². The molecule has 11 heteroatoms. The Morgan fingerprint density at radius 1 is 1.11 bits per heavy atom. The summed E-state index contributed by atoms with van der Waals surface area (Å²) in [5.74, 6) is -4.04. The normalized spacial score (nSPS) is 11.1. The summed E-state index contributed by atoms with van der Waals surface area (Å²) < 4.78 is 69.0. The number of anilines is 1. The van der Waals surface area contributed by atoms with Gasteiger partial charge in [-0.25, -0.2) is 8.78 Å². The quantitative estimate of drug-likeness (QED) is 0.628. The van der Waals surface area contributed by atoms with Crippen LogP contribution >= 0.6 is 0 Å². The molecule has 27 heavy (non-hydrogen) atoms. The number of esters is 1. The maximum atomic E-state index is 13.4. The van der Waals surface area contributed by atoms with Crippen molar-refractivity contribution in [2.75, 3.05) is 11.9 Å². The van der Waals surface area contributed by atoms with E-state index in [4.69, 9.17) is 0 Å². The Morgan fingerprint density at radius 2 is 1.81 bits per heavy atom. The zero-order chi connectivity index (χ0) is 20.2. The SMILES string of the molecule is O=C(COC(=O)Cn1cc(C(F)(F)F)ccc1=O)Nc1ccc(F)cc1F. The Labute approximate surface area is 148 Å². The lowest BCUT2D eigenvalue weighted by Gasteiger charge is -2.11. The minimum atomic E-state index is -4.71. The van der Waals surface area contributed by atoms with Gasteiger partial charge in [0.25, 0.3) is 11.5 Å². The molecule has 0 spiro atoms. The van der Waals surface area contributed by atoms with E-state index in [1.54, 1.807) is 0 Å². The second-order valence-electron chi connectivity index (χ2n) is 5.21. The minimum Gasteiger partial charge on any atom is -0.454 e. The van der Waals surface area contributed by atoms with E-state index in [0.29, 0.717) is 29.0 Å². The van der Waals surface area contributed by atoms with Gasteiger partial charge in [-0.05, 0) is 18.2 Å². The Bertz CT molecular complexity index is 924. The van der Waals surface area contributed by atoms with Crippen LogP contribution in [0.2, 0.25) is 0 Å². The lowest BCUT2D eigenvalue weighted by Crippen LogP contribution is -2.28. The Balaban J connectivity index is 1.94. The smallest absolute Gasteiger partial charge is 0.417 e. The van der Waals surface area contributed by atoms with Gasteiger partial charge < -0.3 is 14.6 Å². The molecule has 2 aromatic rings. The van der Waals surface area contributed by atoms with E-state index in [1.165, 1.54) is 0 Å². The Kier molecular flexibility index (Phi) is 5.93. The number of halogens is 5. The number of nitrogens with zero attached hydrogens (tertiary/aromatic N) is 1. The fourth-order valence-corrected chi connectivity index (χ4v) is 1.93. The third kappa shape index (κ3) is 5.62. The first kappa shape index (κ1) is 20.1. The highest BCUT2D eigenvalue weighted by Crippen LogP contribution is 2.28. The van der Waals surface area contributed by atoms with Crippen molar-refractivity contribution in [3.8, 4) is 0 Å². The first-order chi connectivity index (χ1) is 12.6. The Morgan fingerprint density at radius 3 is 2.44 bits per heavy atom. The topological polar surface area (TPSA) is 77.4 Å². The van der Waals surface area contributed by atoms with E-state index in [2.05, 4.69) is 4.74 Å². The van der Waals surface area contributed by atoms with Crippen molar-refractivity contribution in [3.05, 3.63) is 64.1 Å². The highest BCUT2D eigenvalue weighted by atomic mass is 19.4. The summed E-state index contributed by atoms with van der Waals surface area (Å²) in [6, 6.07) is 3.58. The predicted molar refractivity (Wildman–Crippen MR) is 81.7 cm³/mol. The van der Waals surface area contributed by atoms with Crippen molar-refractivity contribution in [1.29, 1.82) is 0 Å². The maximum absolute atomic E-state index is 13.4. The summed E-state index contributed by atoms with van der Waals surface area (Å²) in [5.41, 5.74) is -2.37. The molecule has 0 aliphatic carbocycles. The number of nitrogens with one attached hydrogen (secondary N) is 1. The molecule has 1 aromatic heterocycles. The van der Waals surface area contributed by atoms with Crippen molar-refractivity contribution in [3.63, 3.8) is 0 Å². The highest BCUT2D eigenvalue weighted by molar-refractivity contribution is 5.92. The number of amides is 1. The molecule has 6 nitrogen and oxygen atoms in total. The summed E-state index contributed by atoms with van der Waals surface area (Å²) in [5, 5.41) is 2.02. The first-order valence-corrected chi connectivity index (χ1v) is 7.24. The summed E-state index contributed by atoms with van der Waals surface area (Å²) in [6.07, 6.45) is -4.27. The van der Waals surface area contributed by atoms with Gasteiger partial charge >= 0.3 is 12.1 Å². The van der Waals surface area contributed by atoms with Crippen LogP contribution in [0.3, 0.4) is 0 Å². The molecule has 0 radical (unpaired) electrons. The van der Waals surface area contributed by atoms with Crippen LogP contribution in [-0.4, -0.2) is 23.1 Å². The number of alkyl halides is 3. The monoisotopic (exact) mass is 390 g/mol. The zero-order valence-corrected chi connectivity index (χ0v) is 13.3. The number of benzene rings is 1. The molecule has 0 atom stereocenters. The third-order valence-corrected chi connectivity index (χ3v) is 3.18. The number of hydrogen-bond donors (Lipinski definition) is 1. The number of hydrogen-bond acceptors (Lipinski definition) is 4. The molecule has 1 amide bonds. The fraction of sp³-hybridized carbons (Fsp3) is 0.188. The van der Waals surface area contributed by atoms with Crippen LogP contribution < -0.4 is 10.9 Å². The molecule has 1 N–H and O–H groups in total. The van der Waals surface area contributed by atoms with Gasteiger partial charge in [-0.3, -0.25) is 14.4 Å². The van der Waals surface area contributed by atoms with Crippen LogP contribution in [0.1, 0.15) is 5.56 Å². The molecule has 0 unspecified atom stereocenters. The van der Waals surface area contributed by atoms with Crippen LogP contribution in [0.15, 0.2) is 41.3 Å². The van der Waals surface area contributed by atoms with Crippen molar-refractivity contribution in [2.24, 2.45) is 0 Å². The molecule has 1 heterocycles. The first-order valence-electron chi connectivity index (χ1n) is 7.24. The molecular formula is C16H11F5N2O4. The van der Waals surface area contributed by atoms with E-state index in [1.807, 2.05) is 5.32 Å². The molecule has 144 valence electrons. The third-order valence-electron chi connectivity index (χ3n) is 3.18. The zero-order valence-electron chi connectivity index (χ0n) is 13.3. The Hall–Kier alpha value is -3.24. The second-order valence-corrected chi connectivity index (χ2v) is 5.21. The summed E-state index contributed by atoms with van der Waals surface area (Å²) in [4.78, 5) is 34.7. The average molecular weight is 390 g/mol. The number of ether oxygens (including phenoxy) is 1. The number of rotatable bonds is 5. The molecule has 0 aliphatic rings. The molecule has 0 saturated heterocycles. The van der Waals surface area contributed by atoms with E-state index in [-0.39, 0.29) is 5.69 Å². The van der Waals surface area contributed by atoms with E-state index >= 15 is 0 Å². The number of carbonyl (C=O) groups excluding carboxylic acids is 2. The largest absolute Gasteiger partial charge is 0.454 e. The highest BCUT2D eigenvalue weighted by Gasteiger charge is 2.31. The molecule has 2 rings (SSSR count). The van der Waals surface area contributed by atoms with Crippen molar-refractivity contribution in [2.45, 2.75) is 12.7 Å². The van der Waals surface area contributed by atoms with Gasteiger partial charge in [0.2, 0.25) is 0 Å². The van der Waals surface area contributed by atoms with Gasteiger partial charge in [-0.1, -0.05) is 0 Å². The van der Waals surface area contributed by atoms with Crippen molar-refractivity contribution >= 4 is 17.6 Å². The van der Waals surface area contributed by atoms with E-state index in [0.717, 1.165) is 12.1 Å². The van der Waals surface area contributed by atoms with Gasteiger partial charge in [0.1, 0.15) is 18.2 Å². The minimum absolute atomic E-state index is 0.355. The van der Waals surface area contributed by atoms with Gasteiger partial charge in [-0.2, -0.15) is 13.2 Å². The fourth-order valence-electron chi connectivity index (χ4n) is 1.93. The maximum Gasteiger partial charge on any atom is 0.417 e. The second kappa shape index (κ2) is 7.98. The van der Waals surface area contributed by atoms with Gasteiger partial charge in [-0.15, -0.1) is 0 Å². The van der Waals surface area contributed by atoms with Gasteiger partial charge in [0.05, 0.1) is 11.3 Å². The van der Waals surface area contributed by atoms with Crippen LogP contribution in [0, 0.1) is 11.6 Å². The van der Waals surface area contributed by atoms with Crippen molar-refractivity contribution in [1.82, 2.24) is 4.57 Å². The lowest BCUT2D eigenvalue weighted by molar-refractivity contribution is -0.148. The summed E-state index contributed by atoms with van der Waals surface area (Å²) >= 11 is 0. The molecular weight excluding hydrogens is 379 g/mol. The molecule has 0 bridgehead atoms. The van der Waals surface area contributed by atoms with Crippen LogP contribution in [0.25, 0.3) is 0 Å². The van der Waals surface area contributed by atoms with Gasteiger partial charge in [0.15, 0.2) is 6.61 Å². The summed E-state index contributed by atoms with van der Waals surface area (Å²) in [6.45, 7) is -1.75. The molecule has 0 aliphatic heterocycles.